The van der Waals surface area contributed by atoms with E-state index in [1.54, 1.807) is 5.32 Å². The van der Waals surface area contributed by atoms with E-state index >= 15 is 0 Å². The van der Waals surface area contributed by atoms with Crippen molar-refractivity contribution in [2.75, 3.05) is 32.7 Å². The average molecular weight is 527 g/mol. The molecule has 0 aromatic heterocycles. The highest BCUT2D eigenvalue weighted by Crippen LogP contribution is 2.33. The molecule has 0 aliphatic rings. The van der Waals surface area contributed by atoms with Crippen molar-refractivity contribution < 1.29 is 41.0 Å². The Balaban J connectivity index is 2.62. The van der Waals surface area contributed by atoms with E-state index in [9.17, 15) is 26.7 Å². The quantitative estimate of drug-likeness (QED) is 0.0709. The zero-order chi connectivity index (χ0) is 27.1. The van der Waals surface area contributed by atoms with E-state index in [1.165, 1.54) is 33.5 Å². The number of rotatable bonds is 18. The Bertz CT molecular complexity index is 780. The predicted octanol–water partition coefficient (Wildman–Crippen LogP) is 7.02. The molecule has 1 rings (SSSR count). The van der Waals surface area contributed by atoms with Gasteiger partial charge in [-0.3, -0.25) is 0 Å². The summed E-state index contributed by atoms with van der Waals surface area (Å²) < 4.78 is 84.2. The number of unbranched alkanes of at least 4 members (excludes halogenated alkanes) is 6. The molecule has 208 valence electrons. The van der Waals surface area contributed by atoms with Gasteiger partial charge in [0.1, 0.15) is 5.69 Å². The lowest BCUT2D eigenvalue weighted by Gasteiger charge is -2.37. The minimum absolute atomic E-state index is 0.0687. The standard InChI is InChI=1S/C25H39F5N2O4/c1-5-7-8-9-10-11-14-17(25(34-3,35-4)36-6-2)15-12-13-16-31-24(33)32-23-21(29)19(27)18(26)20(28)22(23)30/h17H,5-16H2,1-4H3,(H2,31,32,33). The second kappa shape index (κ2) is 16.7. The van der Waals surface area contributed by atoms with Crippen LogP contribution in [0.25, 0.3) is 0 Å². The molecule has 6 nitrogen and oxygen atoms in total. The van der Waals surface area contributed by atoms with Gasteiger partial charge in [0.15, 0.2) is 23.3 Å². The molecule has 0 heterocycles. The molecule has 0 radical (unpaired) electrons. The number of nitrogens with one attached hydrogen (secondary N) is 2. The summed E-state index contributed by atoms with van der Waals surface area (Å²) in [5.41, 5.74) is -1.40. The smallest absolute Gasteiger partial charge is 0.319 e. The van der Waals surface area contributed by atoms with Gasteiger partial charge < -0.3 is 24.8 Å². The molecule has 11 heteroatoms. The van der Waals surface area contributed by atoms with Gasteiger partial charge in [0.05, 0.1) is 0 Å². The Kier molecular flexibility index (Phi) is 14.9. The van der Waals surface area contributed by atoms with Crippen molar-refractivity contribution in [3.05, 3.63) is 29.1 Å². The van der Waals surface area contributed by atoms with E-state index in [0.29, 0.717) is 25.9 Å². The molecule has 2 N–H and O–H groups in total. The molecular weight excluding hydrogens is 487 g/mol. The molecule has 1 unspecified atom stereocenters. The number of anilines is 1. The Hall–Kier alpha value is -1.98. The van der Waals surface area contributed by atoms with Crippen LogP contribution < -0.4 is 10.6 Å². The van der Waals surface area contributed by atoms with Crippen molar-refractivity contribution in [2.45, 2.75) is 84.0 Å². The Morgan fingerprint density at radius 3 is 1.81 bits per heavy atom. The minimum Gasteiger partial charge on any atom is -0.338 e. The number of hydrogen-bond acceptors (Lipinski definition) is 4. The van der Waals surface area contributed by atoms with Crippen LogP contribution in [0.4, 0.5) is 32.4 Å². The number of carbonyl (C=O) groups is 1. The number of benzene rings is 1. The molecule has 1 atom stereocenters. The van der Waals surface area contributed by atoms with Crippen LogP contribution in [-0.2, 0) is 14.2 Å². The maximum absolute atomic E-state index is 13.7. The third kappa shape index (κ3) is 9.15. The zero-order valence-corrected chi connectivity index (χ0v) is 21.6. The van der Waals surface area contributed by atoms with Gasteiger partial charge >= 0.3 is 6.03 Å². The minimum atomic E-state index is -2.29. The highest BCUT2D eigenvalue weighted by Gasteiger charge is 2.39. The molecule has 0 aliphatic carbocycles. The summed E-state index contributed by atoms with van der Waals surface area (Å²) in [4.78, 5) is 12.0. The molecule has 0 saturated heterocycles. The Morgan fingerprint density at radius 1 is 0.778 bits per heavy atom. The molecule has 0 fully saturated rings. The van der Waals surface area contributed by atoms with Crippen LogP contribution in [0.3, 0.4) is 0 Å². The second-order valence-corrected chi connectivity index (χ2v) is 8.52. The number of carbonyl (C=O) groups excluding carboxylic acids is 1. The topological polar surface area (TPSA) is 68.8 Å². The Labute approximate surface area is 210 Å². The van der Waals surface area contributed by atoms with E-state index in [1.807, 2.05) is 6.92 Å². The van der Waals surface area contributed by atoms with Gasteiger partial charge in [-0.2, -0.15) is 0 Å². The molecule has 1 aromatic carbocycles. The first-order valence-corrected chi connectivity index (χ1v) is 12.5. The van der Waals surface area contributed by atoms with Crippen LogP contribution in [0.2, 0.25) is 0 Å². The molecule has 36 heavy (non-hydrogen) atoms. The van der Waals surface area contributed by atoms with Crippen LogP contribution in [0.5, 0.6) is 0 Å². The fourth-order valence-corrected chi connectivity index (χ4v) is 4.11. The van der Waals surface area contributed by atoms with E-state index in [-0.39, 0.29) is 12.5 Å². The fourth-order valence-electron chi connectivity index (χ4n) is 4.11. The molecule has 0 bridgehead atoms. The molecule has 2 amide bonds. The van der Waals surface area contributed by atoms with Gasteiger partial charge in [-0.25, -0.2) is 26.7 Å². The van der Waals surface area contributed by atoms with E-state index in [0.717, 1.165) is 25.7 Å². The molecule has 1 aromatic rings. The fraction of sp³-hybridized carbons (Fsp3) is 0.720. The van der Waals surface area contributed by atoms with Crippen molar-refractivity contribution in [3.8, 4) is 0 Å². The summed E-state index contributed by atoms with van der Waals surface area (Å²) in [6, 6.07) is -1.08. The average Bonchev–Trinajstić information content (AvgIpc) is 2.88. The van der Waals surface area contributed by atoms with Gasteiger partial charge in [0.2, 0.25) is 5.82 Å². The predicted molar refractivity (Wildman–Crippen MR) is 127 cm³/mol. The number of methoxy groups -OCH3 is 2. The maximum atomic E-state index is 13.7. The van der Waals surface area contributed by atoms with E-state index < -0.39 is 46.8 Å². The first-order valence-electron chi connectivity index (χ1n) is 12.5. The van der Waals surface area contributed by atoms with Crippen molar-refractivity contribution in [1.29, 1.82) is 0 Å². The van der Waals surface area contributed by atoms with Crippen LogP contribution in [0, 0.1) is 35.0 Å². The highest BCUT2D eigenvalue weighted by molar-refractivity contribution is 5.89. The van der Waals surface area contributed by atoms with Crippen molar-refractivity contribution in [2.24, 2.45) is 5.92 Å². The number of amides is 2. The largest absolute Gasteiger partial charge is 0.338 e. The van der Waals surface area contributed by atoms with Crippen molar-refractivity contribution in [3.63, 3.8) is 0 Å². The zero-order valence-electron chi connectivity index (χ0n) is 21.6. The maximum Gasteiger partial charge on any atom is 0.319 e. The van der Waals surface area contributed by atoms with Gasteiger partial charge in [-0.15, -0.1) is 0 Å². The lowest BCUT2D eigenvalue weighted by molar-refractivity contribution is -0.388. The summed E-state index contributed by atoms with van der Waals surface area (Å²) in [6.45, 7) is 4.53. The summed E-state index contributed by atoms with van der Waals surface area (Å²) >= 11 is 0. The molecule has 0 saturated carbocycles. The van der Waals surface area contributed by atoms with Gasteiger partial charge in [0, 0.05) is 33.3 Å². The third-order valence-corrected chi connectivity index (χ3v) is 6.03. The van der Waals surface area contributed by atoms with Gasteiger partial charge in [-0.1, -0.05) is 51.9 Å². The molecule has 0 spiro atoms. The van der Waals surface area contributed by atoms with Gasteiger partial charge in [-0.05, 0) is 26.2 Å². The van der Waals surface area contributed by atoms with E-state index in [2.05, 4.69) is 12.2 Å². The first kappa shape index (κ1) is 32.0. The van der Waals surface area contributed by atoms with Crippen LogP contribution >= 0.6 is 0 Å². The lowest BCUT2D eigenvalue weighted by Crippen LogP contribution is -2.45. The Morgan fingerprint density at radius 2 is 1.28 bits per heavy atom. The number of urea groups is 1. The van der Waals surface area contributed by atoms with Crippen LogP contribution in [0.1, 0.15) is 78.1 Å². The number of hydrogen-bond donors (Lipinski definition) is 2. The van der Waals surface area contributed by atoms with Crippen molar-refractivity contribution in [1.82, 2.24) is 5.32 Å². The normalized spacial score (nSPS) is 12.6. The summed E-state index contributed by atoms with van der Waals surface area (Å²) in [7, 11) is 3.05. The highest BCUT2D eigenvalue weighted by atomic mass is 19.2. The van der Waals surface area contributed by atoms with Crippen LogP contribution in [0.15, 0.2) is 0 Å². The summed E-state index contributed by atoms with van der Waals surface area (Å²) in [6.07, 6.45) is 9.45. The molecule has 0 aliphatic heterocycles. The van der Waals surface area contributed by atoms with Gasteiger partial charge in [0.25, 0.3) is 5.97 Å². The molecular formula is C25H39F5N2O4. The first-order chi connectivity index (χ1) is 17.2. The van der Waals surface area contributed by atoms with E-state index in [4.69, 9.17) is 14.2 Å². The summed E-state index contributed by atoms with van der Waals surface area (Å²) in [5, 5.41) is 4.05. The third-order valence-electron chi connectivity index (χ3n) is 6.03. The number of halogens is 5. The summed E-state index contributed by atoms with van der Waals surface area (Å²) in [5.74, 6) is -12.0. The van der Waals surface area contributed by atoms with Crippen LogP contribution in [-0.4, -0.2) is 39.4 Å². The lowest BCUT2D eigenvalue weighted by atomic mass is 9.92. The van der Waals surface area contributed by atoms with Crippen molar-refractivity contribution >= 4 is 11.7 Å². The monoisotopic (exact) mass is 526 g/mol. The number of ether oxygens (including phenoxy) is 3. The second-order valence-electron chi connectivity index (χ2n) is 8.52. The SMILES string of the molecule is CCCCCCCCC(CCCCNC(=O)Nc1c(F)c(F)c(F)c(F)c1F)C(OC)(OC)OCC.